The number of hydrogen-bond acceptors (Lipinski definition) is 7. The molecule has 2 fully saturated rings. The predicted octanol–water partition coefficient (Wildman–Crippen LogP) is 1.03. The molecule has 3 atom stereocenters. The number of phenolic OH excluding ortho intramolecular Hbond substituents is 1. The SMILES string of the molecule is Oc1cc(-n2ccnc2)ccc1-c1cnc(O[C@H]2[C@@H]3CNC[C@@H]32)nn1. The topological polar surface area (TPSA) is 98.0 Å². The molecule has 8 heteroatoms. The van der Waals surface area contributed by atoms with Crippen molar-refractivity contribution in [2.75, 3.05) is 13.1 Å². The summed E-state index contributed by atoms with van der Waals surface area (Å²) in [5.74, 6) is 1.25. The maximum Gasteiger partial charge on any atom is 0.335 e. The molecule has 1 aliphatic carbocycles. The summed E-state index contributed by atoms with van der Waals surface area (Å²) in [7, 11) is 0. The van der Waals surface area contributed by atoms with E-state index in [1.807, 2.05) is 16.8 Å². The Kier molecular flexibility index (Phi) is 3.17. The molecule has 3 heterocycles. The van der Waals surface area contributed by atoms with Crippen LogP contribution in [0.2, 0.25) is 0 Å². The number of aromatic nitrogens is 5. The first-order valence-electron chi connectivity index (χ1n) is 8.18. The lowest BCUT2D eigenvalue weighted by molar-refractivity contribution is 0.238. The van der Waals surface area contributed by atoms with Gasteiger partial charge in [-0.25, -0.2) is 9.97 Å². The van der Waals surface area contributed by atoms with Crippen molar-refractivity contribution in [3.05, 3.63) is 43.1 Å². The van der Waals surface area contributed by atoms with E-state index in [1.165, 1.54) is 0 Å². The number of aromatic hydroxyl groups is 1. The summed E-state index contributed by atoms with van der Waals surface area (Å²) in [5, 5.41) is 21.8. The van der Waals surface area contributed by atoms with Crippen LogP contribution in [-0.2, 0) is 0 Å². The molecule has 0 bridgehead atoms. The van der Waals surface area contributed by atoms with Crippen molar-refractivity contribution < 1.29 is 9.84 Å². The number of fused-ring (bicyclic) bond motifs is 1. The highest BCUT2D eigenvalue weighted by Crippen LogP contribution is 2.44. The summed E-state index contributed by atoms with van der Waals surface area (Å²) >= 11 is 0. The number of piperidine rings is 1. The molecule has 0 radical (unpaired) electrons. The fraction of sp³-hybridized carbons (Fsp3) is 0.294. The zero-order valence-electron chi connectivity index (χ0n) is 13.3. The Labute approximate surface area is 143 Å². The fourth-order valence-corrected chi connectivity index (χ4v) is 3.41. The molecule has 126 valence electrons. The highest BCUT2D eigenvalue weighted by atomic mass is 16.5. The van der Waals surface area contributed by atoms with E-state index in [9.17, 15) is 5.11 Å². The van der Waals surface area contributed by atoms with E-state index in [0.29, 0.717) is 23.1 Å². The van der Waals surface area contributed by atoms with Crippen LogP contribution in [0.5, 0.6) is 11.8 Å². The lowest BCUT2D eigenvalue weighted by atomic mass is 10.1. The minimum absolute atomic E-state index is 0.110. The molecule has 3 aromatic rings. The summed E-state index contributed by atoms with van der Waals surface area (Å²) < 4.78 is 7.60. The fourth-order valence-electron chi connectivity index (χ4n) is 3.41. The lowest BCUT2D eigenvalue weighted by Crippen LogP contribution is -2.20. The zero-order valence-corrected chi connectivity index (χ0v) is 13.3. The Morgan fingerprint density at radius 1 is 1.20 bits per heavy atom. The van der Waals surface area contributed by atoms with Crippen LogP contribution in [0.15, 0.2) is 43.1 Å². The van der Waals surface area contributed by atoms with Gasteiger partial charge < -0.3 is 19.7 Å². The number of hydrogen-bond donors (Lipinski definition) is 2. The average molecular weight is 336 g/mol. The number of nitrogens with zero attached hydrogens (tertiary/aromatic N) is 5. The Hall–Kier alpha value is -3.00. The smallest absolute Gasteiger partial charge is 0.335 e. The molecule has 0 amide bonds. The normalized spacial score (nSPS) is 24.1. The second-order valence-corrected chi connectivity index (χ2v) is 6.37. The molecule has 1 aromatic carbocycles. The van der Waals surface area contributed by atoms with Crippen molar-refractivity contribution in [1.29, 1.82) is 0 Å². The summed E-state index contributed by atoms with van der Waals surface area (Å²) in [6.45, 7) is 2.00. The van der Waals surface area contributed by atoms with Crippen molar-refractivity contribution in [2.45, 2.75) is 6.10 Å². The van der Waals surface area contributed by atoms with Crippen LogP contribution in [0.4, 0.5) is 0 Å². The summed E-state index contributed by atoms with van der Waals surface area (Å²) in [6.07, 6.45) is 6.94. The summed E-state index contributed by atoms with van der Waals surface area (Å²) in [6, 6.07) is 5.61. The van der Waals surface area contributed by atoms with Crippen molar-refractivity contribution in [3.63, 3.8) is 0 Å². The molecular weight excluding hydrogens is 320 g/mol. The molecule has 2 N–H and O–H groups in total. The van der Waals surface area contributed by atoms with E-state index < -0.39 is 0 Å². The van der Waals surface area contributed by atoms with Crippen LogP contribution in [0, 0.1) is 11.8 Å². The number of nitrogens with one attached hydrogen (secondary N) is 1. The van der Waals surface area contributed by atoms with Crippen molar-refractivity contribution in [1.82, 2.24) is 30.0 Å². The second-order valence-electron chi connectivity index (χ2n) is 6.37. The predicted molar refractivity (Wildman–Crippen MR) is 88.3 cm³/mol. The van der Waals surface area contributed by atoms with Crippen LogP contribution < -0.4 is 10.1 Å². The van der Waals surface area contributed by atoms with Gasteiger partial charge >= 0.3 is 6.01 Å². The van der Waals surface area contributed by atoms with Gasteiger partial charge in [-0.3, -0.25) is 0 Å². The molecule has 25 heavy (non-hydrogen) atoms. The molecule has 1 aliphatic heterocycles. The number of phenols is 1. The maximum atomic E-state index is 10.3. The first kappa shape index (κ1) is 14.4. The highest BCUT2D eigenvalue weighted by molar-refractivity contribution is 5.67. The summed E-state index contributed by atoms with van der Waals surface area (Å²) in [4.78, 5) is 8.23. The quantitative estimate of drug-likeness (QED) is 0.734. The van der Waals surface area contributed by atoms with Gasteiger partial charge in [-0.1, -0.05) is 5.10 Å². The monoisotopic (exact) mass is 336 g/mol. The Morgan fingerprint density at radius 3 is 2.76 bits per heavy atom. The van der Waals surface area contributed by atoms with E-state index in [4.69, 9.17) is 4.74 Å². The van der Waals surface area contributed by atoms with Gasteiger partial charge in [-0.05, 0) is 12.1 Å². The van der Waals surface area contributed by atoms with Crippen molar-refractivity contribution in [3.8, 4) is 28.7 Å². The van der Waals surface area contributed by atoms with Gasteiger partial charge in [-0.2, -0.15) is 0 Å². The van der Waals surface area contributed by atoms with Gasteiger partial charge in [-0.15, -0.1) is 5.10 Å². The van der Waals surface area contributed by atoms with Crippen LogP contribution >= 0.6 is 0 Å². The van der Waals surface area contributed by atoms with E-state index in [0.717, 1.165) is 18.8 Å². The number of benzene rings is 1. The van der Waals surface area contributed by atoms with E-state index in [-0.39, 0.29) is 17.9 Å². The van der Waals surface area contributed by atoms with Gasteiger partial charge in [0, 0.05) is 48.9 Å². The average Bonchev–Trinajstić information content (AvgIpc) is 3.10. The van der Waals surface area contributed by atoms with Crippen LogP contribution in [0.25, 0.3) is 16.9 Å². The summed E-state index contributed by atoms with van der Waals surface area (Å²) in [5.41, 5.74) is 1.89. The maximum absolute atomic E-state index is 10.3. The van der Waals surface area contributed by atoms with Gasteiger partial charge in [0.1, 0.15) is 17.5 Å². The van der Waals surface area contributed by atoms with Crippen LogP contribution in [0.1, 0.15) is 0 Å². The van der Waals surface area contributed by atoms with Gasteiger partial charge in [0.15, 0.2) is 0 Å². The Morgan fingerprint density at radius 2 is 2.08 bits per heavy atom. The second kappa shape index (κ2) is 5.52. The van der Waals surface area contributed by atoms with E-state index >= 15 is 0 Å². The first-order chi connectivity index (χ1) is 12.3. The largest absolute Gasteiger partial charge is 0.507 e. The van der Waals surface area contributed by atoms with Gasteiger partial charge in [0.2, 0.25) is 0 Å². The highest BCUT2D eigenvalue weighted by Gasteiger charge is 2.55. The number of ether oxygens (including phenoxy) is 1. The molecule has 2 aliphatic rings. The number of imidazole rings is 1. The molecule has 1 saturated heterocycles. The van der Waals surface area contributed by atoms with E-state index in [2.05, 4.69) is 25.5 Å². The first-order valence-corrected chi connectivity index (χ1v) is 8.18. The molecule has 5 rings (SSSR count). The molecule has 1 saturated carbocycles. The van der Waals surface area contributed by atoms with Crippen LogP contribution in [-0.4, -0.2) is 49.0 Å². The molecule has 2 aromatic heterocycles. The minimum Gasteiger partial charge on any atom is -0.507 e. The molecule has 0 spiro atoms. The third-order valence-electron chi connectivity index (χ3n) is 4.85. The standard InChI is InChI=1S/C17H16N6O2/c24-15-5-10(23-4-3-18-9-23)1-2-11(15)14-8-20-17(22-21-14)25-16-12-6-19-7-13(12)16/h1-5,8-9,12-13,16,19,24H,6-7H2/t12-,13+,16+. The van der Waals surface area contributed by atoms with Gasteiger partial charge in [0.25, 0.3) is 0 Å². The van der Waals surface area contributed by atoms with E-state index in [1.54, 1.807) is 30.9 Å². The molecule has 0 unspecified atom stereocenters. The molecular formula is C17H16N6O2. The Balaban J connectivity index is 1.34. The van der Waals surface area contributed by atoms with Crippen LogP contribution in [0.3, 0.4) is 0 Å². The van der Waals surface area contributed by atoms with Crippen molar-refractivity contribution >= 4 is 0 Å². The third-order valence-corrected chi connectivity index (χ3v) is 4.85. The van der Waals surface area contributed by atoms with Gasteiger partial charge in [0.05, 0.1) is 18.2 Å². The minimum atomic E-state index is 0.110. The van der Waals surface area contributed by atoms with Crippen molar-refractivity contribution in [2.24, 2.45) is 11.8 Å². The third kappa shape index (κ3) is 2.51. The molecule has 8 nitrogen and oxygen atoms in total. The zero-order chi connectivity index (χ0) is 16.8. The lowest BCUT2D eigenvalue weighted by Gasteiger charge is -2.08. The Bertz CT molecular complexity index is 886. The number of rotatable bonds is 4.